The van der Waals surface area contributed by atoms with E-state index in [0.717, 1.165) is 38.4 Å². The standard InChI is InChI=1S/C20H23ClN4O4S/c1-2-24-7-9-25(10-8-24)17-6-4-3-5-15(17)23-30(27,28)19-12-18-16(11-14(19)21)22-20(26)13-29-18/h3-6,11-12,23H,2,7-10,13H2,1H3,(H,22,26). The first-order valence-electron chi connectivity index (χ1n) is 9.72. The zero-order valence-corrected chi connectivity index (χ0v) is 18.1. The molecule has 0 bridgehead atoms. The summed E-state index contributed by atoms with van der Waals surface area (Å²) in [6, 6.07) is 10.0. The Morgan fingerprint density at radius 2 is 1.90 bits per heavy atom. The van der Waals surface area contributed by atoms with Gasteiger partial charge in [-0.05, 0) is 24.7 Å². The lowest BCUT2D eigenvalue weighted by atomic mass is 10.2. The quantitative estimate of drug-likeness (QED) is 0.727. The van der Waals surface area contributed by atoms with Crippen LogP contribution in [0.3, 0.4) is 0 Å². The largest absolute Gasteiger partial charge is 0.482 e. The molecule has 2 aromatic carbocycles. The summed E-state index contributed by atoms with van der Waals surface area (Å²) < 4.78 is 34.3. The van der Waals surface area contributed by atoms with Crippen LogP contribution in [0, 0.1) is 0 Å². The summed E-state index contributed by atoms with van der Waals surface area (Å²) in [7, 11) is -3.98. The second-order valence-electron chi connectivity index (χ2n) is 7.16. The minimum absolute atomic E-state index is 0.00101. The van der Waals surface area contributed by atoms with Crippen LogP contribution in [0.25, 0.3) is 0 Å². The van der Waals surface area contributed by atoms with Crippen LogP contribution < -0.4 is 19.7 Å². The van der Waals surface area contributed by atoms with E-state index in [2.05, 4.69) is 26.8 Å². The van der Waals surface area contributed by atoms with E-state index in [1.165, 1.54) is 12.1 Å². The van der Waals surface area contributed by atoms with Crippen LogP contribution in [-0.2, 0) is 14.8 Å². The zero-order chi connectivity index (χ0) is 21.3. The van der Waals surface area contributed by atoms with E-state index >= 15 is 0 Å². The highest BCUT2D eigenvalue weighted by molar-refractivity contribution is 7.92. The Hall–Kier alpha value is -2.49. The molecule has 2 heterocycles. The molecule has 10 heteroatoms. The number of nitrogens with one attached hydrogen (secondary N) is 2. The molecule has 0 atom stereocenters. The molecule has 2 N–H and O–H groups in total. The van der Waals surface area contributed by atoms with Crippen LogP contribution in [-0.4, -0.2) is 58.6 Å². The lowest BCUT2D eigenvalue weighted by molar-refractivity contribution is -0.118. The van der Waals surface area contributed by atoms with Gasteiger partial charge in [-0.1, -0.05) is 30.7 Å². The van der Waals surface area contributed by atoms with Crippen molar-refractivity contribution in [3.8, 4) is 5.75 Å². The average Bonchev–Trinajstić information content (AvgIpc) is 2.73. The molecule has 2 aliphatic rings. The third-order valence-electron chi connectivity index (χ3n) is 5.27. The zero-order valence-electron chi connectivity index (χ0n) is 16.5. The molecule has 4 rings (SSSR count). The molecule has 0 spiro atoms. The topological polar surface area (TPSA) is 91.0 Å². The summed E-state index contributed by atoms with van der Waals surface area (Å²) in [5, 5.41) is 2.62. The molecule has 2 aliphatic heterocycles. The smallest absolute Gasteiger partial charge is 0.263 e. The number of carbonyl (C=O) groups excluding carboxylic acids is 1. The fraction of sp³-hybridized carbons (Fsp3) is 0.350. The van der Waals surface area contributed by atoms with Crippen molar-refractivity contribution in [1.29, 1.82) is 0 Å². The van der Waals surface area contributed by atoms with Crippen molar-refractivity contribution in [2.24, 2.45) is 0 Å². The number of benzene rings is 2. The minimum atomic E-state index is -3.98. The highest BCUT2D eigenvalue weighted by Gasteiger charge is 2.26. The molecule has 1 saturated heterocycles. The highest BCUT2D eigenvalue weighted by Crippen LogP contribution is 2.37. The predicted molar refractivity (Wildman–Crippen MR) is 117 cm³/mol. The first-order valence-corrected chi connectivity index (χ1v) is 11.6. The number of hydrogen-bond acceptors (Lipinski definition) is 6. The van der Waals surface area contributed by atoms with Crippen molar-refractivity contribution in [2.45, 2.75) is 11.8 Å². The van der Waals surface area contributed by atoms with E-state index in [-0.39, 0.29) is 28.2 Å². The first-order chi connectivity index (χ1) is 14.4. The number of rotatable bonds is 5. The number of hydrogen-bond donors (Lipinski definition) is 2. The Balaban J connectivity index is 1.61. The molecule has 0 radical (unpaired) electrons. The number of para-hydroxylation sites is 2. The second-order valence-corrected chi connectivity index (χ2v) is 9.22. The Kier molecular flexibility index (Phi) is 5.77. The average molecular weight is 451 g/mol. The first kappa shape index (κ1) is 20.8. The minimum Gasteiger partial charge on any atom is -0.482 e. The van der Waals surface area contributed by atoms with E-state index in [9.17, 15) is 13.2 Å². The summed E-state index contributed by atoms with van der Waals surface area (Å²) in [6.07, 6.45) is 0. The van der Waals surface area contributed by atoms with E-state index < -0.39 is 10.0 Å². The van der Waals surface area contributed by atoms with Gasteiger partial charge in [-0.2, -0.15) is 0 Å². The van der Waals surface area contributed by atoms with Gasteiger partial charge >= 0.3 is 0 Å². The number of ether oxygens (including phenoxy) is 1. The number of sulfonamides is 1. The van der Waals surface area contributed by atoms with Crippen molar-refractivity contribution in [1.82, 2.24) is 4.90 Å². The molecule has 0 aromatic heterocycles. The monoisotopic (exact) mass is 450 g/mol. The molecule has 1 amide bonds. The number of carbonyl (C=O) groups is 1. The lowest BCUT2D eigenvalue weighted by Crippen LogP contribution is -2.46. The Morgan fingerprint density at radius 3 is 2.63 bits per heavy atom. The molecular formula is C20H23ClN4O4S. The molecule has 30 heavy (non-hydrogen) atoms. The van der Waals surface area contributed by atoms with Crippen molar-refractivity contribution >= 4 is 44.6 Å². The molecule has 0 aliphatic carbocycles. The number of nitrogens with zero attached hydrogens (tertiary/aromatic N) is 2. The van der Waals surface area contributed by atoms with Crippen LogP contribution >= 0.6 is 11.6 Å². The van der Waals surface area contributed by atoms with E-state index in [0.29, 0.717) is 11.4 Å². The number of fused-ring (bicyclic) bond motifs is 1. The number of anilines is 3. The number of amides is 1. The van der Waals surface area contributed by atoms with Crippen LogP contribution in [0.5, 0.6) is 5.75 Å². The predicted octanol–water partition coefficient (Wildman–Crippen LogP) is 2.61. The van der Waals surface area contributed by atoms with E-state index in [4.69, 9.17) is 16.3 Å². The molecule has 0 unspecified atom stereocenters. The Morgan fingerprint density at radius 1 is 1.17 bits per heavy atom. The summed E-state index contributed by atoms with van der Waals surface area (Å²) in [4.78, 5) is 15.9. The second kappa shape index (κ2) is 8.33. The number of likely N-dealkylation sites (N-methyl/N-ethyl adjacent to an activating group) is 1. The maximum absolute atomic E-state index is 13.1. The van der Waals surface area contributed by atoms with Crippen molar-refractivity contribution in [3.05, 3.63) is 41.4 Å². The van der Waals surface area contributed by atoms with Crippen molar-refractivity contribution in [3.63, 3.8) is 0 Å². The van der Waals surface area contributed by atoms with Gasteiger partial charge in [0.25, 0.3) is 15.9 Å². The summed E-state index contributed by atoms with van der Waals surface area (Å²) in [5.41, 5.74) is 1.67. The van der Waals surface area contributed by atoms with Gasteiger partial charge in [0.1, 0.15) is 10.6 Å². The van der Waals surface area contributed by atoms with Gasteiger partial charge < -0.3 is 19.9 Å². The maximum Gasteiger partial charge on any atom is 0.263 e. The normalized spacial score (nSPS) is 17.1. The van der Waals surface area contributed by atoms with Crippen molar-refractivity contribution in [2.75, 3.05) is 54.3 Å². The van der Waals surface area contributed by atoms with Gasteiger partial charge in [0, 0.05) is 32.2 Å². The summed E-state index contributed by atoms with van der Waals surface area (Å²) >= 11 is 6.24. The van der Waals surface area contributed by atoms with E-state index in [1.54, 1.807) is 12.1 Å². The van der Waals surface area contributed by atoms with Gasteiger partial charge in [0.05, 0.1) is 22.1 Å². The highest BCUT2D eigenvalue weighted by atomic mass is 35.5. The molecule has 1 fully saturated rings. The Bertz CT molecular complexity index is 1070. The van der Waals surface area contributed by atoms with Gasteiger partial charge in [-0.25, -0.2) is 8.42 Å². The van der Waals surface area contributed by atoms with Crippen LogP contribution in [0.4, 0.5) is 17.1 Å². The fourth-order valence-electron chi connectivity index (χ4n) is 3.63. The number of halogens is 1. The molecular weight excluding hydrogens is 428 g/mol. The molecule has 160 valence electrons. The fourth-order valence-corrected chi connectivity index (χ4v) is 5.25. The summed E-state index contributed by atoms with van der Waals surface area (Å²) in [5.74, 6) is -0.0484. The van der Waals surface area contributed by atoms with Crippen molar-refractivity contribution < 1.29 is 17.9 Å². The van der Waals surface area contributed by atoms with Crippen LogP contribution in [0.15, 0.2) is 41.3 Å². The SMILES string of the molecule is CCN1CCN(c2ccccc2NS(=O)(=O)c2cc3c(cc2Cl)NC(=O)CO3)CC1. The molecule has 8 nitrogen and oxygen atoms in total. The third-order valence-corrected chi connectivity index (χ3v) is 7.10. The van der Waals surface area contributed by atoms with Crippen LogP contribution in [0.2, 0.25) is 5.02 Å². The van der Waals surface area contributed by atoms with E-state index in [1.807, 2.05) is 12.1 Å². The van der Waals surface area contributed by atoms with Crippen LogP contribution in [0.1, 0.15) is 6.92 Å². The molecule has 0 saturated carbocycles. The number of piperazine rings is 1. The molecule has 2 aromatic rings. The van der Waals surface area contributed by atoms with Gasteiger partial charge in [-0.3, -0.25) is 9.52 Å². The Labute approximate surface area is 180 Å². The van der Waals surface area contributed by atoms with Gasteiger partial charge in [0.15, 0.2) is 6.61 Å². The van der Waals surface area contributed by atoms with Gasteiger partial charge in [-0.15, -0.1) is 0 Å². The maximum atomic E-state index is 13.1. The lowest BCUT2D eigenvalue weighted by Gasteiger charge is -2.36. The van der Waals surface area contributed by atoms with Gasteiger partial charge in [0.2, 0.25) is 0 Å². The third kappa shape index (κ3) is 4.19. The summed E-state index contributed by atoms with van der Waals surface area (Å²) in [6.45, 7) is 6.46.